The quantitative estimate of drug-likeness (QED) is 0.888. The van der Waals surface area contributed by atoms with E-state index in [0.717, 1.165) is 18.4 Å². The molecule has 5 heteroatoms. The minimum absolute atomic E-state index is 0.110. The maximum Gasteiger partial charge on any atom is 0.223 e. The van der Waals surface area contributed by atoms with Gasteiger partial charge in [-0.05, 0) is 55.2 Å². The molecule has 126 valence electrons. The van der Waals surface area contributed by atoms with Crippen molar-refractivity contribution in [1.29, 1.82) is 0 Å². The summed E-state index contributed by atoms with van der Waals surface area (Å²) in [7, 11) is 1.59. The van der Waals surface area contributed by atoms with Crippen LogP contribution >= 0.6 is 11.6 Å². The first-order valence-electron chi connectivity index (χ1n) is 8.44. The van der Waals surface area contributed by atoms with Crippen molar-refractivity contribution in [2.45, 2.75) is 44.7 Å². The number of rotatable bonds is 4. The molecule has 2 atom stereocenters. The van der Waals surface area contributed by atoms with Gasteiger partial charge in [0.25, 0.3) is 0 Å². The lowest BCUT2D eigenvalue weighted by atomic mass is 9.65. The van der Waals surface area contributed by atoms with E-state index in [9.17, 15) is 4.79 Å². The second-order valence-electron chi connectivity index (χ2n) is 6.88. The highest BCUT2D eigenvalue weighted by molar-refractivity contribution is 6.32. The van der Waals surface area contributed by atoms with Gasteiger partial charge in [-0.25, -0.2) is 0 Å². The van der Waals surface area contributed by atoms with E-state index in [1.54, 1.807) is 7.11 Å². The third-order valence-corrected chi connectivity index (χ3v) is 5.76. The molecule has 0 aromatic heterocycles. The van der Waals surface area contributed by atoms with Crippen LogP contribution in [0.3, 0.4) is 0 Å². The Morgan fingerprint density at radius 1 is 1.35 bits per heavy atom. The van der Waals surface area contributed by atoms with Crippen LogP contribution in [0, 0.1) is 17.8 Å². The van der Waals surface area contributed by atoms with Crippen LogP contribution < -0.4 is 15.8 Å². The maximum atomic E-state index is 12.5. The molecule has 23 heavy (non-hydrogen) atoms. The van der Waals surface area contributed by atoms with Gasteiger partial charge in [-0.3, -0.25) is 4.79 Å². The van der Waals surface area contributed by atoms with Gasteiger partial charge in [0.2, 0.25) is 5.91 Å². The van der Waals surface area contributed by atoms with E-state index in [1.165, 1.54) is 19.3 Å². The van der Waals surface area contributed by atoms with E-state index in [-0.39, 0.29) is 11.8 Å². The molecule has 2 fully saturated rings. The first-order valence-corrected chi connectivity index (χ1v) is 8.82. The third kappa shape index (κ3) is 3.64. The van der Waals surface area contributed by atoms with Crippen molar-refractivity contribution in [1.82, 2.24) is 5.32 Å². The number of hydrogen-bond donors (Lipinski definition) is 2. The molecule has 2 aliphatic carbocycles. The molecule has 1 aromatic rings. The van der Waals surface area contributed by atoms with Gasteiger partial charge in [0.15, 0.2) is 0 Å². The molecule has 0 radical (unpaired) electrons. The molecular formula is C18H25ClN2O2. The Bertz CT molecular complexity index is 564. The Labute approximate surface area is 142 Å². The summed E-state index contributed by atoms with van der Waals surface area (Å²) < 4.78 is 5.14. The third-order valence-electron chi connectivity index (χ3n) is 5.47. The smallest absolute Gasteiger partial charge is 0.223 e. The van der Waals surface area contributed by atoms with Crippen LogP contribution in [0.4, 0.5) is 0 Å². The number of halogens is 1. The highest BCUT2D eigenvalue weighted by Gasteiger charge is 2.40. The number of carbonyl (C=O) groups is 1. The maximum absolute atomic E-state index is 12.5. The van der Waals surface area contributed by atoms with Crippen LogP contribution in [0.5, 0.6) is 5.75 Å². The topological polar surface area (TPSA) is 64.3 Å². The molecule has 1 aromatic carbocycles. The highest BCUT2D eigenvalue weighted by Crippen LogP contribution is 2.41. The minimum atomic E-state index is 0.110. The summed E-state index contributed by atoms with van der Waals surface area (Å²) in [5.41, 5.74) is 7.28. The molecule has 2 unspecified atom stereocenters. The number of fused-ring (bicyclic) bond motifs is 2. The Balaban J connectivity index is 1.56. The summed E-state index contributed by atoms with van der Waals surface area (Å²) in [5, 5.41) is 3.63. The van der Waals surface area contributed by atoms with Gasteiger partial charge in [0.05, 0.1) is 12.1 Å². The lowest BCUT2D eigenvalue weighted by Gasteiger charge is -2.43. The Morgan fingerprint density at radius 2 is 2.04 bits per heavy atom. The fourth-order valence-corrected chi connectivity index (χ4v) is 4.44. The molecule has 2 saturated carbocycles. The summed E-state index contributed by atoms with van der Waals surface area (Å²) in [4.78, 5) is 12.5. The number of benzene rings is 1. The van der Waals surface area contributed by atoms with Gasteiger partial charge >= 0.3 is 0 Å². The predicted octanol–water partition coefficient (Wildman–Crippen LogP) is 3.12. The molecule has 3 N–H and O–H groups in total. The van der Waals surface area contributed by atoms with Crippen LogP contribution in [-0.4, -0.2) is 19.1 Å². The van der Waals surface area contributed by atoms with Crippen molar-refractivity contribution in [3.8, 4) is 5.75 Å². The van der Waals surface area contributed by atoms with Crippen molar-refractivity contribution in [2.24, 2.45) is 23.5 Å². The van der Waals surface area contributed by atoms with Gasteiger partial charge in [0.1, 0.15) is 5.75 Å². The number of carbonyl (C=O) groups excluding carboxylic acids is 1. The molecule has 1 amide bonds. The standard InChI is InChI=1S/C18H25ClN2O2/c1-23-16-6-5-11(7-15(16)19)10-21-18(22)14-8-12-3-2-4-13(9-14)17(12)20/h5-7,12-14,17H,2-4,8-10,20H2,1H3,(H,21,22). The van der Waals surface area contributed by atoms with Crippen molar-refractivity contribution < 1.29 is 9.53 Å². The second-order valence-corrected chi connectivity index (χ2v) is 7.29. The lowest BCUT2D eigenvalue weighted by Crippen LogP contribution is -2.49. The van der Waals surface area contributed by atoms with Crippen molar-refractivity contribution in [3.63, 3.8) is 0 Å². The fraction of sp³-hybridized carbons (Fsp3) is 0.611. The summed E-state index contributed by atoms with van der Waals surface area (Å²) in [6, 6.07) is 5.89. The highest BCUT2D eigenvalue weighted by atomic mass is 35.5. The lowest BCUT2D eigenvalue weighted by molar-refractivity contribution is -0.128. The van der Waals surface area contributed by atoms with Gasteiger partial charge in [-0.2, -0.15) is 0 Å². The largest absolute Gasteiger partial charge is 0.495 e. The SMILES string of the molecule is COc1ccc(CNC(=O)C2CC3CCCC(C2)C3N)cc1Cl. The minimum Gasteiger partial charge on any atom is -0.495 e. The van der Waals surface area contributed by atoms with Crippen molar-refractivity contribution in [2.75, 3.05) is 7.11 Å². The predicted molar refractivity (Wildman–Crippen MR) is 91.4 cm³/mol. The van der Waals surface area contributed by atoms with Gasteiger partial charge in [-0.15, -0.1) is 0 Å². The van der Waals surface area contributed by atoms with Crippen molar-refractivity contribution >= 4 is 17.5 Å². The van der Waals surface area contributed by atoms with Gasteiger partial charge in [0, 0.05) is 18.5 Å². The summed E-state index contributed by atoms with van der Waals surface area (Å²) in [5.74, 6) is 1.96. The summed E-state index contributed by atoms with van der Waals surface area (Å²) in [6.45, 7) is 0.500. The first kappa shape index (κ1) is 16.6. The van der Waals surface area contributed by atoms with Gasteiger partial charge in [-0.1, -0.05) is 24.1 Å². The first-order chi connectivity index (χ1) is 11.1. The van der Waals surface area contributed by atoms with Crippen LogP contribution in [0.15, 0.2) is 18.2 Å². The zero-order valence-electron chi connectivity index (χ0n) is 13.6. The van der Waals surface area contributed by atoms with E-state index in [4.69, 9.17) is 22.1 Å². The zero-order valence-corrected chi connectivity index (χ0v) is 14.3. The monoisotopic (exact) mass is 336 g/mol. The number of amides is 1. The molecule has 2 aliphatic rings. The van der Waals surface area contributed by atoms with E-state index < -0.39 is 0 Å². The molecule has 0 spiro atoms. The number of methoxy groups -OCH3 is 1. The van der Waals surface area contributed by atoms with E-state index in [1.807, 2.05) is 18.2 Å². The molecule has 0 heterocycles. The van der Waals surface area contributed by atoms with Crippen LogP contribution in [0.25, 0.3) is 0 Å². The number of ether oxygens (including phenoxy) is 1. The van der Waals surface area contributed by atoms with Gasteiger partial charge < -0.3 is 15.8 Å². The van der Waals surface area contributed by atoms with E-state index in [0.29, 0.717) is 35.2 Å². The summed E-state index contributed by atoms with van der Waals surface area (Å²) in [6.07, 6.45) is 5.49. The second kappa shape index (κ2) is 7.10. The van der Waals surface area contributed by atoms with E-state index in [2.05, 4.69) is 5.32 Å². The molecule has 2 bridgehead atoms. The van der Waals surface area contributed by atoms with Crippen LogP contribution in [-0.2, 0) is 11.3 Å². The Kier molecular flexibility index (Phi) is 5.12. The zero-order chi connectivity index (χ0) is 16.4. The molecular weight excluding hydrogens is 312 g/mol. The Hall–Kier alpha value is -1.26. The molecule has 0 saturated heterocycles. The van der Waals surface area contributed by atoms with Crippen molar-refractivity contribution in [3.05, 3.63) is 28.8 Å². The normalized spacial score (nSPS) is 29.9. The molecule has 4 nitrogen and oxygen atoms in total. The average molecular weight is 337 g/mol. The number of hydrogen-bond acceptors (Lipinski definition) is 3. The average Bonchev–Trinajstić information content (AvgIpc) is 2.52. The Morgan fingerprint density at radius 3 is 2.65 bits per heavy atom. The summed E-state index contributed by atoms with van der Waals surface area (Å²) >= 11 is 6.12. The van der Waals surface area contributed by atoms with E-state index >= 15 is 0 Å². The molecule has 0 aliphatic heterocycles. The van der Waals surface area contributed by atoms with Crippen LogP contribution in [0.2, 0.25) is 5.02 Å². The number of nitrogens with one attached hydrogen (secondary N) is 1. The number of nitrogens with two attached hydrogens (primary N) is 1. The fourth-order valence-electron chi connectivity index (χ4n) is 4.16. The van der Waals surface area contributed by atoms with Crippen LogP contribution in [0.1, 0.15) is 37.7 Å². The molecule has 3 rings (SSSR count).